The van der Waals surface area contributed by atoms with Crippen LogP contribution in [0.4, 0.5) is 5.82 Å². The van der Waals surface area contributed by atoms with E-state index in [0.717, 1.165) is 23.6 Å². The van der Waals surface area contributed by atoms with Crippen LogP contribution in [0.3, 0.4) is 0 Å². The molecule has 2 aromatic rings. The fourth-order valence-corrected chi connectivity index (χ4v) is 2.16. The Labute approximate surface area is 137 Å². The highest BCUT2D eigenvalue weighted by Crippen LogP contribution is 2.10. The number of hydrogen-bond donors (Lipinski definition) is 0. The number of aryl methyl sites for hydroxylation is 1. The first-order valence-electron chi connectivity index (χ1n) is 7.58. The third kappa shape index (κ3) is 4.42. The van der Waals surface area contributed by atoms with Gasteiger partial charge in [0.1, 0.15) is 5.82 Å². The van der Waals surface area contributed by atoms with Crippen LogP contribution in [-0.2, 0) is 17.9 Å². The summed E-state index contributed by atoms with van der Waals surface area (Å²) in [7, 11) is 5.68. The molecular weight excluding hydrogens is 290 g/mol. The molecule has 0 aliphatic heterocycles. The molecule has 6 heteroatoms. The zero-order valence-corrected chi connectivity index (χ0v) is 14.1. The van der Waals surface area contributed by atoms with E-state index in [9.17, 15) is 4.79 Å². The quantitative estimate of drug-likeness (QED) is 0.766. The summed E-state index contributed by atoms with van der Waals surface area (Å²) in [5.74, 6) is 0.848. The molecule has 0 saturated carbocycles. The van der Waals surface area contributed by atoms with Crippen LogP contribution < -0.4 is 4.90 Å². The highest BCUT2D eigenvalue weighted by atomic mass is 16.2. The number of rotatable bonds is 6. The molecule has 0 fully saturated rings. The van der Waals surface area contributed by atoms with Crippen LogP contribution in [0.25, 0.3) is 6.08 Å². The van der Waals surface area contributed by atoms with Crippen LogP contribution >= 0.6 is 0 Å². The van der Waals surface area contributed by atoms with E-state index in [0.29, 0.717) is 6.54 Å². The van der Waals surface area contributed by atoms with Gasteiger partial charge < -0.3 is 9.80 Å². The van der Waals surface area contributed by atoms with Gasteiger partial charge in [0.15, 0.2) is 0 Å². The molecule has 0 aromatic carbocycles. The molecule has 0 radical (unpaired) electrons. The van der Waals surface area contributed by atoms with Crippen LogP contribution in [-0.4, -0.2) is 46.7 Å². The Hall–Kier alpha value is -2.63. The maximum absolute atomic E-state index is 12.2. The summed E-state index contributed by atoms with van der Waals surface area (Å²) in [5, 5.41) is 4.18. The van der Waals surface area contributed by atoms with E-state index >= 15 is 0 Å². The molecule has 0 aliphatic rings. The molecule has 0 N–H and O–H groups in total. The molecule has 122 valence electrons. The minimum absolute atomic E-state index is 0.0504. The molecule has 0 bridgehead atoms. The average Bonchev–Trinajstić information content (AvgIpc) is 3.00. The summed E-state index contributed by atoms with van der Waals surface area (Å²) in [5.41, 5.74) is 1.92. The minimum Gasteiger partial charge on any atom is -0.363 e. The van der Waals surface area contributed by atoms with Crippen molar-refractivity contribution in [3.63, 3.8) is 0 Å². The largest absolute Gasteiger partial charge is 0.363 e. The lowest BCUT2D eigenvalue weighted by atomic mass is 10.2. The molecule has 2 rings (SSSR count). The standard InChI is InChI=1S/C17H23N5O/c1-5-22-15(10-11-19-22)7-9-17(23)21(4)13-14-6-8-16(18-12-14)20(2)3/h6-12H,5,13H2,1-4H3. The van der Waals surface area contributed by atoms with Crippen molar-refractivity contribution in [3.8, 4) is 0 Å². The smallest absolute Gasteiger partial charge is 0.246 e. The van der Waals surface area contributed by atoms with E-state index in [2.05, 4.69) is 10.1 Å². The van der Waals surface area contributed by atoms with E-state index in [1.165, 1.54) is 0 Å². The van der Waals surface area contributed by atoms with Crippen molar-refractivity contribution in [1.29, 1.82) is 0 Å². The zero-order chi connectivity index (χ0) is 16.8. The van der Waals surface area contributed by atoms with Crippen LogP contribution in [0.15, 0.2) is 36.7 Å². The number of aromatic nitrogens is 3. The first-order valence-corrected chi connectivity index (χ1v) is 7.58. The lowest BCUT2D eigenvalue weighted by molar-refractivity contribution is -0.125. The van der Waals surface area contributed by atoms with Gasteiger partial charge in [0.2, 0.25) is 5.91 Å². The fraction of sp³-hybridized carbons (Fsp3) is 0.353. The van der Waals surface area contributed by atoms with Crippen molar-refractivity contribution in [2.24, 2.45) is 0 Å². The van der Waals surface area contributed by atoms with Gasteiger partial charge in [-0.2, -0.15) is 5.10 Å². The summed E-state index contributed by atoms with van der Waals surface area (Å²) in [4.78, 5) is 20.2. The number of likely N-dealkylation sites (N-methyl/N-ethyl adjacent to an activating group) is 1. The summed E-state index contributed by atoms with van der Waals surface area (Å²) in [6, 6.07) is 5.82. The second kappa shape index (κ2) is 7.58. The van der Waals surface area contributed by atoms with E-state index in [4.69, 9.17) is 0 Å². The van der Waals surface area contributed by atoms with Crippen molar-refractivity contribution >= 4 is 17.8 Å². The van der Waals surface area contributed by atoms with Crippen LogP contribution in [0.5, 0.6) is 0 Å². The van der Waals surface area contributed by atoms with E-state index in [-0.39, 0.29) is 5.91 Å². The Kier molecular flexibility index (Phi) is 5.51. The van der Waals surface area contributed by atoms with Crippen molar-refractivity contribution in [1.82, 2.24) is 19.7 Å². The maximum atomic E-state index is 12.2. The molecule has 2 aromatic heterocycles. The van der Waals surface area contributed by atoms with Gasteiger partial charge in [-0.3, -0.25) is 9.48 Å². The zero-order valence-electron chi connectivity index (χ0n) is 14.1. The Balaban J connectivity index is 1.97. The van der Waals surface area contributed by atoms with Gasteiger partial charge >= 0.3 is 0 Å². The lowest BCUT2D eigenvalue weighted by Gasteiger charge is -2.16. The first kappa shape index (κ1) is 16.7. The molecule has 6 nitrogen and oxygen atoms in total. The number of carbonyl (C=O) groups excluding carboxylic acids is 1. The van der Waals surface area contributed by atoms with E-state index in [1.807, 2.05) is 48.8 Å². The lowest BCUT2D eigenvalue weighted by Crippen LogP contribution is -2.24. The van der Waals surface area contributed by atoms with E-state index in [1.54, 1.807) is 36.5 Å². The fourth-order valence-electron chi connectivity index (χ4n) is 2.16. The Morgan fingerprint density at radius 2 is 2.04 bits per heavy atom. The van der Waals surface area contributed by atoms with Crippen molar-refractivity contribution in [2.75, 3.05) is 26.0 Å². The van der Waals surface area contributed by atoms with Gasteiger partial charge in [-0.05, 0) is 30.7 Å². The van der Waals surface area contributed by atoms with Gasteiger partial charge in [0.25, 0.3) is 0 Å². The van der Waals surface area contributed by atoms with Crippen molar-refractivity contribution in [3.05, 3.63) is 47.9 Å². The first-order chi connectivity index (χ1) is 11.0. The predicted molar refractivity (Wildman–Crippen MR) is 92.0 cm³/mol. The monoisotopic (exact) mass is 313 g/mol. The number of pyridine rings is 1. The molecule has 0 spiro atoms. The number of amides is 1. The van der Waals surface area contributed by atoms with E-state index < -0.39 is 0 Å². The molecule has 23 heavy (non-hydrogen) atoms. The molecular formula is C17H23N5O. The number of nitrogens with zero attached hydrogens (tertiary/aromatic N) is 5. The third-order valence-corrected chi connectivity index (χ3v) is 3.51. The normalized spacial score (nSPS) is 11.0. The van der Waals surface area contributed by atoms with Gasteiger partial charge in [0.05, 0.1) is 5.69 Å². The summed E-state index contributed by atoms with van der Waals surface area (Å²) < 4.78 is 1.84. The molecule has 1 amide bonds. The Morgan fingerprint density at radius 3 is 2.65 bits per heavy atom. The third-order valence-electron chi connectivity index (χ3n) is 3.51. The molecule has 2 heterocycles. The predicted octanol–water partition coefficient (Wildman–Crippen LogP) is 2.04. The topological polar surface area (TPSA) is 54.3 Å². The minimum atomic E-state index is -0.0504. The van der Waals surface area contributed by atoms with Crippen molar-refractivity contribution < 1.29 is 4.79 Å². The van der Waals surface area contributed by atoms with Gasteiger partial charge in [-0.15, -0.1) is 0 Å². The maximum Gasteiger partial charge on any atom is 0.246 e. The SMILES string of the molecule is CCn1nccc1C=CC(=O)N(C)Cc1ccc(N(C)C)nc1. The summed E-state index contributed by atoms with van der Waals surface area (Å²) in [6.45, 7) is 3.32. The molecule has 0 saturated heterocycles. The Bertz CT molecular complexity index is 673. The molecule has 0 unspecified atom stereocenters. The van der Waals surface area contributed by atoms with Crippen LogP contribution in [0.1, 0.15) is 18.2 Å². The number of hydrogen-bond acceptors (Lipinski definition) is 4. The van der Waals surface area contributed by atoms with Gasteiger partial charge in [-0.1, -0.05) is 6.07 Å². The van der Waals surface area contributed by atoms with Gasteiger partial charge in [-0.25, -0.2) is 4.98 Å². The Morgan fingerprint density at radius 1 is 1.26 bits per heavy atom. The van der Waals surface area contributed by atoms with Crippen LogP contribution in [0.2, 0.25) is 0 Å². The summed E-state index contributed by atoms with van der Waals surface area (Å²) >= 11 is 0. The summed E-state index contributed by atoms with van der Waals surface area (Å²) in [6.07, 6.45) is 6.90. The molecule has 0 atom stereocenters. The highest BCUT2D eigenvalue weighted by molar-refractivity contribution is 5.91. The number of carbonyl (C=O) groups is 1. The molecule has 0 aliphatic carbocycles. The second-order valence-electron chi connectivity index (χ2n) is 5.52. The average molecular weight is 313 g/mol. The van der Waals surface area contributed by atoms with Crippen molar-refractivity contribution in [2.45, 2.75) is 20.0 Å². The van der Waals surface area contributed by atoms with Gasteiger partial charge in [0, 0.05) is 52.7 Å². The van der Waals surface area contributed by atoms with Crippen LogP contribution in [0, 0.1) is 0 Å². The highest BCUT2D eigenvalue weighted by Gasteiger charge is 2.07. The second-order valence-corrected chi connectivity index (χ2v) is 5.52. The number of anilines is 1.